The van der Waals surface area contributed by atoms with Crippen LogP contribution in [0.5, 0.6) is 5.75 Å². The van der Waals surface area contributed by atoms with E-state index in [4.69, 9.17) is 4.74 Å². The van der Waals surface area contributed by atoms with Crippen molar-refractivity contribution >= 4 is 11.6 Å². The molecule has 0 heterocycles. The molecule has 0 aliphatic rings. The van der Waals surface area contributed by atoms with Crippen molar-refractivity contribution in [1.29, 1.82) is 0 Å². The number of alkyl halides is 2. The van der Waals surface area contributed by atoms with E-state index in [-0.39, 0.29) is 11.7 Å². The van der Waals surface area contributed by atoms with Crippen LogP contribution in [0.3, 0.4) is 0 Å². The summed E-state index contributed by atoms with van der Waals surface area (Å²) >= 11 is 0. The fourth-order valence-corrected chi connectivity index (χ4v) is 1.37. The maximum absolute atomic E-state index is 12.0. The number of benzene rings is 1. The second kappa shape index (κ2) is 8.27. The smallest absolute Gasteiger partial charge is 0.387 e. The molecule has 1 amide bonds. The highest BCUT2D eigenvalue weighted by Gasteiger charge is 2.13. The zero-order valence-corrected chi connectivity index (χ0v) is 11.1. The van der Waals surface area contributed by atoms with Crippen LogP contribution in [-0.4, -0.2) is 25.2 Å². The maximum Gasteiger partial charge on any atom is 0.387 e. The van der Waals surface area contributed by atoms with E-state index < -0.39 is 12.7 Å². The lowest BCUT2D eigenvalue weighted by Gasteiger charge is -2.13. The first-order valence-corrected chi connectivity index (χ1v) is 6.11. The van der Waals surface area contributed by atoms with E-state index >= 15 is 0 Å². The molecule has 20 heavy (non-hydrogen) atoms. The van der Waals surface area contributed by atoms with Crippen molar-refractivity contribution < 1.29 is 23.0 Å². The third kappa shape index (κ3) is 5.79. The van der Waals surface area contributed by atoms with Crippen LogP contribution < -0.4 is 10.1 Å². The molecule has 110 valence electrons. The molecule has 0 bridgehead atoms. The molecule has 0 saturated carbocycles. The molecule has 1 unspecified atom stereocenters. The Hall–Kier alpha value is -1.95. The minimum absolute atomic E-state index is 0.0354. The number of hydrogen-bond acceptors (Lipinski definition) is 3. The normalized spacial score (nSPS) is 12.0. The maximum atomic E-state index is 12.0. The van der Waals surface area contributed by atoms with E-state index in [9.17, 15) is 13.6 Å². The summed E-state index contributed by atoms with van der Waals surface area (Å²) in [7, 11) is 0. The highest BCUT2D eigenvalue weighted by Crippen LogP contribution is 2.17. The van der Waals surface area contributed by atoms with Gasteiger partial charge in [-0.1, -0.05) is 6.08 Å². The van der Waals surface area contributed by atoms with Crippen molar-refractivity contribution in [1.82, 2.24) is 0 Å². The number of nitrogens with one attached hydrogen (secondary N) is 1. The molecule has 0 saturated heterocycles. The molecule has 1 rings (SSSR count). The Morgan fingerprint density at radius 2 is 2.05 bits per heavy atom. The summed E-state index contributed by atoms with van der Waals surface area (Å²) < 4.78 is 33.4. The van der Waals surface area contributed by atoms with Crippen LogP contribution in [0.15, 0.2) is 36.9 Å². The van der Waals surface area contributed by atoms with Crippen LogP contribution in [0.2, 0.25) is 0 Å². The number of ether oxygens (including phenoxy) is 2. The van der Waals surface area contributed by atoms with E-state index in [1.54, 1.807) is 13.0 Å². The lowest BCUT2D eigenvalue weighted by Crippen LogP contribution is -2.27. The van der Waals surface area contributed by atoms with Gasteiger partial charge in [-0.2, -0.15) is 8.78 Å². The highest BCUT2D eigenvalue weighted by molar-refractivity contribution is 5.93. The lowest BCUT2D eigenvalue weighted by molar-refractivity contribution is -0.126. The Morgan fingerprint density at radius 1 is 1.40 bits per heavy atom. The van der Waals surface area contributed by atoms with E-state index in [1.807, 2.05) is 0 Å². The SMILES string of the molecule is C=CCCOC(C)C(=O)Nc1ccc(OC(F)F)cc1. The highest BCUT2D eigenvalue weighted by atomic mass is 19.3. The molecule has 0 aliphatic heterocycles. The molecular formula is C14H17F2NO3. The Kier molecular flexibility index (Phi) is 6.66. The fourth-order valence-electron chi connectivity index (χ4n) is 1.37. The molecule has 0 aromatic heterocycles. The molecule has 0 aliphatic carbocycles. The van der Waals surface area contributed by atoms with Gasteiger partial charge in [-0.05, 0) is 37.6 Å². The number of carbonyl (C=O) groups is 1. The topological polar surface area (TPSA) is 47.6 Å². The van der Waals surface area contributed by atoms with Crippen LogP contribution in [0, 0.1) is 0 Å². The number of hydrogen-bond donors (Lipinski definition) is 1. The summed E-state index contributed by atoms with van der Waals surface area (Å²) in [6.07, 6.45) is 1.76. The zero-order valence-electron chi connectivity index (χ0n) is 11.1. The van der Waals surface area contributed by atoms with Crippen molar-refractivity contribution in [2.24, 2.45) is 0 Å². The van der Waals surface area contributed by atoms with E-state index in [0.717, 1.165) is 0 Å². The largest absolute Gasteiger partial charge is 0.435 e. The van der Waals surface area contributed by atoms with Crippen molar-refractivity contribution in [3.8, 4) is 5.75 Å². The van der Waals surface area contributed by atoms with Crippen LogP contribution in [0.4, 0.5) is 14.5 Å². The van der Waals surface area contributed by atoms with Gasteiger partial charge in [0, 0.05) is 5.69 Å². The van der Waals surface area contributed by atoms with Crippen molar-refractivity contribution in [2.75, 3.05) is 11.9 Å². The van der Waals surface area contributed by atoms with Gasteiger partial charge >= 0.3 is 6.61 Å². The predicted molar refractivity (Wildman–Crippen MR) is 71.9 cm³/mol. The number of halogens is 2. The minimum Gasteiger partial charge on any atom is -0.435 e. The summed E-state index contributed by atoms with van der Waals surface area (Å²) in [5.41, 5.74) is 0.482. The van der Waals surface area contributed by atoms with Crippen LogP contribution in [0.25, 0.3) is 0 Å². The lowest BCUT2D eigenvalue weighted by atomic mass is 10.3. The third-order valence-electron chi connectivity index (χ3n) is 2.41. The Balaban J connectivity index is 2.47. The predicted octanol–water partition coefficient (Wildman–Crippen LogP) is 3.21. The zero-order chi connectivity index (χ0) is 15.0. The molecule has 4 nitrogen and oxygen atoms in total. The van der Waals surface area contributed by atoms with Gasteiger partial charge in [0.25, 0.3) is 5.91 Å². The van der Waals surface area contributed by atoms with Gasteiger partial charge in [-0.3, -0.25) is 4.79 Å². The second-order valence-electron chi connectivity index (χ2n) is 3.98. The molecule has 1 aromatic carbocycles. The van der Waals surface area contributed by atoms with Crippen molar-refractivity contribution in [3.05, 3.63) is 36.9 Å². The van der Waals surface area contributed by atoms with Gasteiger partial charge in [0.1, 0.15) is 11.9 Å². The van der Waals surface area contributed by atoms with E-state index in [2.05, 4.69) is 16.6 Å². The van der Waals surface area contributed by atoms with Gasteiger partial charge < -0.3 is 14.8 Å². The molecule has 0 fully saturated rings. The first kappa shape index (κ1) is 16.1. The Labute approximate surface area is 116 Å². The monoisotopic (exact) mass is 285 g/mol. The van der Waals surface area contributed by atoms with Crippen LogP contribution in [-0.2, 0) is 9.53 Å². The Morgan fingerprint density at radius 3 is 2.60 bits per heavy atom. The van der Waals surface area contributed by atoms with Crippen molar-refractivity contribution in [3.63, 3.8) is 0 Å². The molecule has 1 N–H and O–H groups in total. The van der Waals surface area contributed by atoms with Gasteiger partial charge in [-0.25, -0.2) is 0 Å². The average Bonchev–Trinajstić information content (AvgIpc) is 2.40. The summed E-state index contributed by atoms with van der Waals surface area (Å²) in [4.78, 5) is 11.8. The summed E-state index contributed by atoms with van der Waals surface area (Å²) in [5.74, 6) is -0.273. The Bertz CT molecular complexity index is 435. The van der Waals surface area contributed by atoms with E-state index in [1.165, 1.54) is 24.3 Å². The third-order valence-corrected chi connectivity index (χ3v) is 2.41. The van der Waals surface area contributed by atoms with Crippen LogP contribution in [0.1, 0.15) is 13.3 Å². The molecular weight excluding hydrogens is 268 g/mol. The minimum atomic E-state index is -2.87. The molecule has 1 atom stereocenters. The fraction of sp³-hybridized carbons (Fsp3) is 0.357. The number of carbonyl (C=O) groups excluding carboxylic acids is 1. The van der Waals surface area contributed by atoms with Gasteiger partial charge in [0.05, 0.1) is 6.61 Å². The summed E-state index contributed by atoms with van der Waals surface area (Å²) in [5, 5.41) is 2.62. The van der Waals surface area contributed by atoms with Crippen molar-refractivity contribution in [2.45, 2.75) is 26.1 Å². The van der Waals surface area contributed by atoms with Gasteiger partial charge in [-0.15, -0.1) is 6.58 Å². The standard InChI is InChI=1S/C14H17F2NO3/c1-3-4-9-19-10(2)13(18)17-11-5-7-12(8-6-11)20-14(15)16/h3,5-8,10,14H,1,4,9H2,2H3,(H,17,18). The van der Waals surface area contributed by atoms with E-state index in [0.29, 0.717) is 18.7 Å². The number of rotatable bonds is 8. The average molecular weight is 285 g/mol. The molecule has 0 radical (unpaired) electrons. The number of anilines is 1. The molecule has 6 heteroatoms. The first-order chi connectivity index (χ1) is 9.52. The second-order valence-corrected chi connectivity index (χ2v) is 3.98. The number of amides is 1. The summed E-state index contributed by atoms with van der Waals surface area (Å²) in [6.45, 7) is 2.73. The summed E-state index contributed by atoms with van der Waals surface area (Å²) in [6, 6.07) is 5.66. The molecule has 1 aromatic rings. The van der Waals surface area contributed by atoms with Gasteiger partial charge in [0.2, 0.25) is 0 Å². The quantitative estimate of drug-likeness (QED) is 0.589. The first-order valence-electron chi connectivity index (χ1n) is 6.11. The van der Waals surface area contributed by atoms with Crippen LogP contribution >= 0.6 is 0 Å². The molecule has 0 spiro atoms. The van der Waals surface area contributed by atoms with Gasteiger partial charge in [0.15, 0.2) is 0 Å².